The Bertz CT molecular complexity index is 139. The van der Waals surface area contributed by atoms with Gasteiger partial charge < -0.3 is 4.74 Å². The maximum Gasteiger partial charge on any atom is 0.271 e. The largest absolute Gasteiger partial charge is 0.383 e. The molecule has 0 radical (unpaired) electrons. The second kappa shape index (κ2) is 5.84. The van der Waals surface area contributed by atoms with Crippen molar-refractivity contribution < 1.29 is 13.5 Å². The molecule has 0 rings (SSSR count). The Hall–Kier alpha value is 0.210. The van der Waals surface area contributed by atoms with Crippen molar-refractivity contribution in [1.82, 2.24) is 4.90 Å². The highest BCUT2D eigenvalue weighted by Gasteiger charge is 2.26. The number of rotatable bonds is 6. The van der Waals surface area contributed by atoms with Gasteiger partial charge in [0.1, 0.15) is 0 Å². The molecular formula is C8H18F2NOP. The maximum absolute atomic E-state index is 12.6. The summed E-state index contributed by atoms with van der Waals surface area (Å²) in [6, 6.07) is 0.113. The molecule has 0 fully saturated rings. The Morgan fingerprint density at radius 1 is 1.46 bits per heavy atom. The van der Waals surface area contributed by atoms with Crippen LogP contribution >= 0.6 is 9.24 Å². The van der Waals surface area contributed by atoms with Crippen LogP contribution in [0.5, 0.6) is 0 Å². The molecule has 0 aliphatic carbocycles. The standard InChI is InChI=1S/C8H18F2NOP/c1-7(2)11(4-5-12-3)6-8(9,10)13/h7H,4-6,13H2,1-3H3. The SMILES string of the molecule is COCCN(CC(F)(F)P)C(C)C. The first-order chi connectivity index (χ1) is 5.87. The van der Waals surface area contributed by atoms with Crippen LogP contribution < -0.4 is 0 Å². The minimum Gasteiger partial charge on any atom is -0.383 e. The Morgan fingerprint density at radius 3 is 2.31 bits per heavy atom. The van der Waals surface area contributed by atoms with Crippen LogP contribution in [0.2, 0.25) is 0 Å². The summed E-state index contributed by atoms with van der Waals surface area (Å²) in [7, 11) is 3.12. The predicted octanol–water partition coefficient (Wildman–Crippen LogP) is 1.81. The lowest BCUT2D eigenvalue weighted by molar-refractivity contribution is 0.0299. The van der Waals surface area contributed by atoms with Crippen molar-refractivity contribution >= 4 is 9.24 Å². The molecule has 0 N–H and O–H groups in total. The highest BCUT2D eigenvalue weighted by molar-refractivity contribution is 7.18. The van der Waals surface area contributed by atoms with Gasteiger partial charge in [-0.15, -0.1) is 0 Å². The number of halogens is 2. The molecular weight excluding hydrogens is 195 g/mol. The zero-order chi connectivity index (χ0) is 10.5. The molecule has 5 heteroatoms. The summed E-state index contributed by atoms with van der Waals surface area (Å²) in [5.74, 6) is 0. The molecule has 0 amide bonds. The van der Waals surface area contributed by atoms with E-state index in [9.17, 15) is 8.78 Å². The summed E-state index contributed by atoms with van der Waals surface area (Å²) in [6.45, 7) is 4.58. The molecule has 0 aromatic heterocycles. The van der Waals surface area contributed by atoms with E-state index >= 15 is 0 Å². The summed E-state index contributed by atoms with van der Waals surface area (Å²) in [6.07, 6.45) is 0. The van der Waals surface area contributed by atoms with Gasteiger partial charge in [-0.3, -0.25) is 4.90 Å². The Kier molecular flexibility index (Phi) is 5.93. The quantitative estimate of drug-likeness (QED) is 0.624. The normalized spacial score (nSPS) is 12.9. The number of ether oxygens (including phenoxy) is 1. The molecule has 0 aromatic rings. The van der Waals surface area contributed by atoms with Gasteiger partial charge in [-0.05, 0) is 13.8 Å². The van der Waals surface area contributed by atoms with Crippen molar-refractivity contribution in [2.75, 3.05) is 26.8 Å². The molecule has 0 heterocycles. The average Bonchev–Trinajstić information content (AvgIpc) is 1.95. The van der Waals surface area contributed by atoms with Gasteiger partial charge in [0.05, 0.1) is 13.2 Å². The van der Waals surface area contributed by atoms with E-state index in [0.29, 0.717) is 13.2 Å². The number of hydrogen-bond donors (Lipinski definition) is 0. The summed E-state index contributed by atoms with van der Waals surface area (Å²) in [4.78, 5) is 1.69. The molecule has 0 aliphatic heterocycles. The number of methoxy groups -OCH3 is 1. The van der Waals surface area contributed by atoms with Crippen LogP contribution in [0.3, 0.4) is 0 Å². The Morgan fingerprint density at radius 2 is 2.00 bits per heavy atom. The van der Waals surface area contributed by atoms with E-state index in [0.717, 1.165) is 0 Å². The van der Waals surface area contributed by atoms with Crippen LogP contribution in [-0.2, 0) is 4.74 Å². The van der Waals surface area contributed by atoms with Crippen molar-refractivity contribution in [3.05, 3.63) is 0 Å². The summed E-state index contributed by atoms with van der Waals surface area (Å²) in [5.41, 5.74) is -2.71. The Labute approximate surface area is 80.8 Å². The van der Waals surface area contributed by atoms with Crippen molar-refractivity contribution in [3.8, 4) is 0 Å². The van der Waals surface area contributed by atoms with Gasteiger partial charge in [0.25, 0.3) is 5.66 Å². The van der Waals surface area contributed by atoms with Crippen LogP contribution in [0, 0.1) is 0 Å². The number of alkyl halides is 2. The van der Waals surface area contributed by atoms with Gasteiger partial charge in [-0.2, -0.15) is 0 Å². The third-order valence-electron chi connectivity index (χ3n) is 1.73. The average molecular weight is 213 g/mol. The topological polar surface area (TPSA) is 12.5 Å². The van der Waals surface area contributed by atoms with Crippen LogP contribution in [0.15, 0.2) is 0 Å². The predicted molar refractivity (Wildman–Crippen MR) is 53.2 cm³/mol. The van der Waals surface area contributed by atoms with Crippen molar-refractivity contribution in [2.24, 2.45) is 0 Å². The van der Waals surface area contributed by atoms with Crippen LogP contribution in [0.1, 0.15) is 13.8 Å². The molecule has 13 heavy (non-hydrogen) atoms. The molecule has 2 nitrogen and oxygen atoms in total. The van der Waals surface area contributed by atoms with Gasteiger partial charge in [-0.25, -0.2) is 8.78 Å². The highest BCUT2D eigenvalue weighted by Crippen LogP contribution is 2.23. The molecule has 0 bridgehead atoms. The zero-order valence-corrected chi connectivity index (χ0v) is 9.54. The monoisotopic (exact) mass is 213 g/mol. The van der Waals surface area contributed by atoms with Crippen LogP contribution in [-0.4, -0.2) is 43.4 Å². The minimum absolute atomic E-state index is 0.113. The Balaban J connectivity index is 3.95. The van der Waals surface area contributed by atoms with E-state index in [-0.39, 0.29) is 12.6 Å². The second-order valence-corrected chi connectivity index (χ2v) is 4.16. The molecule has 0 spiro atoms. The molecule has 1 unspecified atom stereocenters. The summed E-state index contributed by atoms with van der Waals surface area (Å²) in [5, 5.41) is 0. The van der Waals surface area contributed by atoms with Gasteiger partial charge >= 0.3 is 0 Å². The van der Waals surface area contributed by atoms with Crippen molar-refractivity contribution in [3.63, 3.8) is 0 Å². The van der Waals surface area contributed by atoms with E-state index in [1.807, 2.05) is 13.8 Å². The molecule has 0 saturated carbocycles. The zero-order valence-electron chi connectivity index (χ0n) is 8.39. The van der Waals surface area contributed by atoms with Gasteiger partial charge in [0.15, 0.2) is 0 Å². The second-order valence-electron chi connectivity index (χ2n) is 3.32. The molecule has 0 saturated heterocycles. The fourth-order valence-corrected chi connectivity index (χ4v) is 1.23. The third-order valence-corrected chi connectivity index (χ3v) is 1.91. The molecule has 1 atom stereocenters. The van der Waals surface area contributed by atoms with Crippen LogP contribution in [0.4, 0.5) is 8.78 Å². The van der Waals surface area contributed by atoms with E-state index in [1.165, 1.54) is 0 Å². The number of hydrogen-bond acceptors (Lipinski definition) is 2. The lowest BCUT2D eigenvalue weighted by atomic mass is 10.3. The van der Waals surface area contributed by atoms with E-state index in [1.54, 1.807) is 21.2 Å². The van der Waals surface area contributed by atoms with Gasteiger partial charge in [0.2, 0.25) is 0 Å². The first-order valence-electron chi connectivity index (χ1n) is 4.26. The lowest BCUT2D eigenvalue weighted by Crippen LogP contribution is -2.40. The first-order valence-corrected chi connectivity index (χ1v) is 4.84. The smallest absolute Gasteiger partial charge is 0.271 e. The summed E-state index contributed by atoms with van der Waals surface area (Å²) >= 11 is 0. The molecule has 0 aliphatic rings. The third kappa shape index (κ3) is 7.29. The van der Waals surface area contributed by atoms with E-state index < -0.39 is 5.66 Å². The van der Waals surface area contributed by atoms with Crippen molar-refractivity contribution in [2.45, 2.75) is 25.6 Å². The highest BCUT2D eigenvalue weighted by atomic mass is 31.0. The van der Waals surface area contributed by atoms with Crippen LogP contribution in [0.25, 0.3) is 0 Å². The number of nitrogens with zero attached hydrogens (tertiary/aromatic N) is 1. The fourth-order valence-electron chi connectivity index (χ4n) is 0.999. The fraction of sp³-hybridized carbons (Fsp3) is 1.00. The maximum atomic E-state index is 12.6. The van der Waals surface area contributed by atoms with E-state index in [4.69, 9.17) is 4.74 Å². The van der Waals surface area contributed by atoms with Gasteiger partial charge in [0, 0.05) is 19.7 Å². The van der Waals surface area contributed by atoms with Crippen molar-refractivity contribution in [1.29, 1.82) is 0 Å². The molecule has 0 aromatic carbocycles. The molecule has 80 valence electrons. The van der Waals surface area contributed by atoms with E-state index in [2.05, 4.69) is 0 Å². The lowest BCUT2D eigenvalue weighted by Gasteiger charge is -2.28. The summed E-state index contributed by atoms with van der Waals surface area (Å²) < 4.78 is 30.1. The minimum atomic E-state index is -2.71. The first kappa shape index (κ1) is 13.2. The van der Waals surface area contributed by atoms with Gasteiger partial charge in [-0.1, -0.05) is 9.24 Å².